The van der Waals surface area contributed by atoms with Crippen LogP contribution < -0.4 is 5.32 Å². The first-order valence-corrected chi connectivity index (χ1v) is 10.0. The maximum Gasteiger partial charge on any atom is 0.194 e. The third-order valence-corrected chi connectivity index (χ3v) is 5.19. The van der Waals surface area contributed by atoms with Gasteiger partial charge in [0.25, 0.3) is 0 Å². The van der Waals surface area contributed by atoms with E-state index in [9.17, 15) is 0 Å². The van der Waals surface area contributed by atoms with Gasteiger partial charge < -0.3 is 19.6 Å². The van der Waals surface area contributed by atoms with E-state index in [0.29, 0.717) is 0 Å². The minimum atomic E-state index is 0. The summed E-state index contributed by atoms with van der Waals surface area (Å²) in [5, 5.41) is 7.53. The van der Waals surface area contributed by atoms with E-state index in [4.69, 9.17) is 4.52 Å². The molecule has 1 saturated heterocycles. The highest BCUT2D eigenvalue weighted by Gasteiger charge is 2.20. The van der Waals surface area contributed by atoms with Gasteiger partial charge in [-0.05, 0) is 24.7 Å². The van der Waals surface area contributed by atoms with Crippen molar-refractivity contribution in [2.45, 2.75) is 26.6 Å². The number of halogens is 1. The Morgan fingerprint density at radius 2 is 1.97 bits per heavy atom. The largest absolute Gasteiger partial charge is 0.364 e. The van der Waals surface area contributed by atoms with E-state index in [-0.39, 0.29) is 24.0 Å². The number of aromatic nitrogens is 1. The van der Waals surface area contributed by atoms with Gasteiger partial charge in [-0.2, -0.15) is 0 Å². The number of hydrogen-bond donors (Lipinski definition) is 1. The van der Waals surface area contributed by atoms with Crippen molar-refractivity contribution in [1.82, 2.24) is 25.2 Å². The fourth-order valence-corrected chi connectivity index (χ4v) is 3.44. The van der Waals surface area contributed by atoms with Crippen LogP contribution in [0.15, 0.2) is 46.1 Å². The molecule has 0 saturated carbocycles. The maximum atomic E-state index is 4.92. The third kappa shape index (κ3) is 7.27. The summed E-state index contributed by atoms with van der Waals surface area (Å²) in [7, 11) is 4.01. The normalized spacial score (nSPS) is 15.4. The van der Waals surface area contributed by atoms with Gasteiger partial charge in [0, 0.05) is 58.9 Å². The zero-order chi connectivity index (χ0) is 19.8. The van der Waals surface area contributed by atoms with Crippen molar-refractivity contribution in [3.8, 4) is 0 Å². The Balaban J connectivity index is 0.00000300. The molecule has 7 nitrogen and oxygen atoms in total. The van der Waals surface area contributed by atoms with Crippen LogP contribution in [0.4, 0.5) is 0 Å². The van der Waals surface area contributed by atoms with Crippen LogP contribution in [0.2, 0.25) is 0 Å². The smallest absolute Gasteiger partial charge is 0.194 e. The predicted octanol–water partition coefficient (Wildman–Crippen LogP) is 2.64. The summed E-state index contributed by atoms with van der Waals surface area (Å²) in [6.07, 6.45) is 1.63. The van der Waals surface area contributed by atoms with Gasteiger partial charge in [0.1, 0.15) is 6.26 Å². The number of guanidine groups is 1. The zero-order valence-corrected chi connectivity index (χ0v) is 20.0. The number of benzene rings is 1. The molecule has 2 aromatic rings. The number of nitrogens with zero attached hydrogens (tertiary/aromatic N) is 5. The fourth-order valence-electron chi connectivity index (χ4n) is 3.44. The third-order valence-electron chi connectivity index (χ3n) is 5.19. The molecule has 0 atom stereocenters. The molecular weight excluding hydrogens is 479 g/mol. The van der Waals surface area contributed by atoms with Crippen LogP contribution in [0.5, 0.6) is 0 Å². The second-order valence-electron chi connectivity index (χ2n) is 7.31. The van der Waals surface area contributed by atoms with Gasteiger partial charge >= 0.3 is 0 Å². The molecule has 160 valence electrons. The van der Waals surface area contributed by atoms with Crippen molar-refractivity contribution < 1.29 is 4.52 Å². The van der Waals surface area contributed by atoms with Crippen molar-refractivity contribution in [3.05, 3.63) is 53.4 Å². The molecule has 0 bridgehead atoms. The average molecular weight is 512 g/mol. The highest BCUT2D eigenvalue weighted by atomic mass is 127. The quantitative estimate of drug-likeness (QED) is 0.350. The number of piperazine rings is 1. The summed E-state index contributed by atoms with van der Waals surface area (Å²) in [6, 6.07) is 10.7. The minimum absolute atomic E-state index is 0. The Hall–Kier alpha value is -1.65. The predicted molar refractivity (Wildman–Crippen MR) is 127 cm³/mol. The molecule has 0 aliphatic carbocycles. The molecule has 8 heteroatoms. The fraction of sp³-hybridized carbons (Fsp3) is 0.524. The first kappa shape index (κ1) is 23.6. The van der Waals surface area contributed by atoms with Crippen molar-refractivity contribution >= 4 is 29.9 Å². The topological polar surface area (TPSA) is 60.1 Å². The van der Waals surface area contributed by atoms with Gasteiger partial charge in [-0.15, -0.1) is 24.0 Å². The van der Waals surface area contributed by atoms with Crippen LogP contribution in [0.1, 0.15) is 23.7 Å². The minimum Gasteiger partial charge on any atom is -0.364 e. The van der Waals surface area contributed by atoms with Crippen molar-refractivity contribution in [2.24, 2.45) is 4.99 Å². The number of nitrogens with one attached hydrogen (secondary N) is 1. The summed E-state index contributed by atoms with van der Waals surface area (Å²) in [6.45, 7) is 9.74. The van der Waals surface area contributed by atoms with Gasteiger partial charge in [0.05, 0.1) is 5.69 Å². The molecule has 1 aromatic carbocycles. The lowest BCUT2D eigenvalue weighted by molar-refractivity contribution is 0.169. The highest BCUT2D eigenvalue weighted by Crippen LogP contribution is 2.10. The first-order valence-electron chi connectivity index (χ1n) is 10.0. The molecule has 3 rings (SSSR count). The molecule has 0 radical (unpaired) electrons. The molecule has 0 amide bonds. The summed E-state index contributed by atoms with van der Waals surface area (Å²) in [5.41, 5.74) is 3.62. The number of aliphatic imine (C=N–C) groups is 1. The van der Waals surface area contributed by atoms with Gasteiger partial charge in [-0.25, -0.2) is 0 Å². The Labute approximate surface area is 191 Å². The average Bonchev–Trinajstić information content (AvgIpc) is 3.23. The number of hydrogen-bond acceptors (Lipinski definition) is 5. The van der Waals surface area contributed by atoms with Crippen LogP contribution in [-0.4, -0.2) is 72.6 Å². The summed E-state index contributed by atoms with van der Waals surface area (Å²) in [4.78, 5) is 11.5. The molecule has 1 aliphatic heterocycles. The van der Waals surface area contributed by atoms with Crippen molar-refractivity contribution in [3.63, 3.8) is 0 Å². The summed E-state index contributed by atoms with van der Waals surface area (Å²) < 4.78 is 4.92. The van der Waals surface area contributed by atoms with E-state index in [1.807, 2.05) is 13.1 Å². The first-order chi connectivity index (χ1) is 13.7. The van der Waals surface area contributed by atoms with Crippen molar-refractivity contribution in [2.75, 3.05) is 46.8 Å². The van der Waals surface area contributed by atoms with E-state index in [1.165, 1.54) is 11.1 Å². The lowest BCUT2D eigenvalue weighted by Crippen LogP contribution is -2.52. The Kier molecular flexibility index (Phi) is 9.89. The monoisotopic (exact) mass is 512 g/mol. The van der Waals surface area contributed by atoms with Crippen LogP contribution in [0.3, 0.4) is 0 Å². The zero-order valence-electron chi connectivity index (χ0n) is 17.7. The number of rotatable bonds is 7. The van der Waals surface area contributed by atoms with E-state index in [0.717, 1.165) is 64.0 Å². The van der Waals surface area contributed by atoms with Crippen LogP contribution >= 0.6 is 24.0 Å². The van der Waals surface area contributed by atoms with Gasteiger partial charge in [-0.1, -0.05) is 36.3 Å². The van der Waals surface area contributed by atoms with Gasteiger partial charge in [0.15, 0.2) is 5.96 Å². The molecular formula is C21H33IN6O. The van der Waals surface area contributed by atoms with E-state index < -0.39 is 0 Å². The second-order valence-corrected chi connectivity index (χ2v) is 7.31. The maximum absolute atomic E-state index is 4.92. The molecule has 29 heavy (non-hydrogen) atoms. The van der Waals surface area contributed by atoms with Gasteiger partial charge in [-0.3, -0.25) is 9.89 Å². The Morgan fingerprint density at radius 1 is 1.21 bits per heavy atom. The molecule has 2 heterocycles. The lowest BCUT2D eigenvalue weighted by Gasteiger charge is -2.36. The summed E-state index contributed by atoms with van der Waals surface area (Å²) in [5.74, 6) is 0.970. The van der Waals surface area contributed by atoms with Crippen molar-refractivity contribution in [1.29, 1.82) is 0 Å². The van der Waals surface area contributed by atoms with Crippen LogP contribution in [0.25, 0.3) is 0 Å². The standard InChI is InChI=1S/C21H32N6O.HI/c1-4-25(3)16-19-7-5-6-18(14-19)15-23-21(22-2)27-11-9-26(10-12-27)17-20-8-13-28-24-20;/h5-8,13-14H,4,9-12,15-17H2,1-3H3,(H,22,23);1H. The SMILES string of the molecule is CCN(C)Cc1cccc(CNC(=NC)N2CCN(Cc3ccon3)CC2)c1.I. The molecule has 1 aliphatic rings. The van der Waals surface area contributed by atoms with Crippen LogP contribution in [0, 0.1) is 0 Å². The Morgan fingerprint density at radius 3 is 2.62 bits per heavy atom. The Bertz CT molecular complexity index is 743. The molecule has 1 N–H and O–H groups in total. The van der Waals surface area contributed by atoms with E-state index in [1.54, 1.807) is 6.26 Å². The highest BCUT2D eigenvalue weighted by molar-refractivity contribution is 14.0. The lowest BCUT2D eigenvalue weighted by atomic mass is 10.1. The van der Waals surface area contributed by atoms with Crippen LogP contribution in [-0.2, 0) is 19.6 Å². The summed E-state index contributed by atoms with van der Waals surface area (Å²) >= 11 is 0. The van der Waals surface area contributed by atoms with Gasteiger partial charge in [0.2, 0.25) is 0 Å². The molecule has 0 spiro atoms. The van der Waals surface area contributed by atoms with E-state index in [2.05, 4.69) is 68.4 Å². The molecule has 0 unspecified atom stereocenters. The second kappa shape index (κ2) is 12.1. The van der Waals surface area contributed by atoms with E-state index >= 15 is 0 Å². The molecule has 1 fully saturated rings. The molecule has 1 aromatic heterocycles.